The van der Waals surface area contributed by atoms with Crippen molar-refractivity contribution in [2.45, 2.75) is 57.3 Å². The van der Waals surface area contributed by atoms with E-state index in [9.17, 15) is 18.0 Å². The Kier molecular flexibility index (Phi) is 4.30. The number of rotatable bonds is 3. The molecular formula is C12H20F3NO2. The Morgan fingerprint density at radius 2 is 1.83 bits per heavy atom. The lowest BCUT2D eigenvalue weighted by molar-refractivity contribution is -0.188. The molecule has 0 aliphatic heterocycles. The second kappa shape index (κ2) is 5.07. The van der Waals surface area contributed by atoms with Crippen LogP contribution in [0.5, 0.6) is 0 Å². The van der Waals surface area contributed by atoms with Gasteiger partial charge >= 0.3 is 12.1 Å². The van der Waals surface area contributed by atoms with Crippen molar-refractivity contribution in [2.24, 2.45) is 5.92 Å². The van der Waals surface area contributed by atoms with Crippen LogP contribution in [0.25, 0.3) is 0 Å². The van der Waals surface area contributed by atoms with E-state index in [4.69, 9.17) is 5.11 Å². The molecule has 0 aromatic heterocycles. The number of aliphatic carboxylic acids is 1. The number of likely N-dealkylation sites (N-methyl/N-ethyl adjacent to an activating group) is 1. The maximum atomic E-state index is 12.7. The molecule has 0 spiro atoms. The van der Waals surface area contributed by atoms with Gasteiger partial charge in [0.1, 0.15) is 5.54 Å². The van der Waals surface area contributed by atoms with Crippen molar-refractivity contribution in [1.29, 1.82) is 0 Å². The van der Waals surface area contributed by atoms with Gasteiger partial charge in [-0.2, -0.15) is 13.2 Å². The molecule has 0 saturated heterocycles. The van der Waals surface area contributed by atoms with Crippen LogP contribution in [0.15, 0.2) is 0 Å². The normalized spacial score (nSPS) is 26.4. The van der Waals surface area contributed by atoms with Crippen LogP contribution in [0.4, 0.5) is 13.2 Å². The number of hydrogen-bond acceptors (Lipinski definition) is 2. The second-order valence-electron chi connectivity index (χ2n) is 5.53. The summed E-state index contributed by atoms with van der Waals surface area (Å²) < 4.78 is 38.1. The molecule has 1 aliphatic carbocycles. The predicted molar refractivity (Wildman–Crippen MR) is 61.3 cm³/mol. The van der Waals surface area contributed by atoms with E-state index in [-0.39, 0.29) is 18.9 Å². The summed E-state index contributed by atoms with van der Waals surface area (Å²) in [6, 6.07) is -0.323. The molecule has 1 rings (SSSR count). The maximum Gasteiger partial charge on any atom is 0.391 e. The minimum atomic E-state index is -4.17. The number of carboxylic acids is 1. The smallest absolute Gasteiger partial charge is 0.391 e. The highest BCUT2D eigenvalue weighted by Gasteiger charge is 2.45. The van der Waals surface area contributed by atoms with E-state index in [0.29, 0.717) is 12.8 Å². The van der Waals surface area contributed by atoms with Gasteiger partial charge in [-0.25, -0.2) is 0 Å². The molecule has 3 nitrogen and oxygen atoms in total. The average Bonchev–Trinajstić information content (AvgIpc) is 2.26. The van der Waals surface area contributed by atoms with E-state index in [2.05, 4.69) is 0 Å². The van der Waals surface area contributed by atoms with Crippen LogP contribution in [0.1, 0.15) is 39.5 Å². The molecule has 0 aromatic rings. The van der Waals surface area contributed by atoms with E-state index in [1.165, 1.54) is 13.8 Å². The molecular weight excluding hydrogens is 247 g/mol. The minimum absolute atomic E-state index is 0.00326. The van der Waals surface area contributed by atoms with Gasteiger partial charge in [0.2, 0.25) is 0 Å². The first-order chi connectivity index (χ1) is 8.06. The molecule has 1 aliphatic rings. The van der Waals surface area contributed by atoms with E-state index >= 15 is 0 Å². The Morgan fingerprint density at radius 3 is 2.28 bits per heavy atom. The fourth-order valence-corrected chi connectivity index (χ4v) is 2.42. The molecule has 0 amide bonds. The largest absolute Gasteiger partial charge is 0.480 e. The van der Waals surface area contributed by atoms with Crippen molar-refractivity contribution in [3.8, 4) is 0 Å². The number of alkyl halides is 3. The maximum absolute atomic E-state index is 12.7. The summed E-state index contributed by atoms with van der Waals surface area (Å²) in [6.07, 6.45) is -2.90. The lowest BCUT2D eigenvalue weighted by Crippen LogP contribution is -2.54. The van der Waals surface area contributed by atoms with Crippen molar-refractivity contribution in [2.75, 3.05) is 7.05 Å². The second-order valence-corrected chi connectivity index (χ2v) is 5.53. The summed E-state index contributed by atoms with van der Waals surface area (Å²) in [5.41, 5.74) is -1.14. The standard InChI is InChI=1S/C12H20F3NO2/c1-11(2,10(17)18)16(3)9-6-4-5-8(7-9)12(13,14)15/h8-9H,4-7H2,1-3H3,(H,17,18). The van der Waals surface area contributed by atoms with E-state index in [0.717, 1.165) is 0 Å². The highest BCUT2D eigenvalue weighted by Crippen LogP contribution is 2.39. The van der Waals surface area contributed by atoms with Crippen LogP contribution in [0.3, 0.4) is 0 Å². The quantitative estimate of drug-likeness (QED) is 0.854. The third-order valence-electron chi connectivity index (χ3n) is 4.06. The minimum Gasteiger partial charge on any atom is -0.480 e. The van der Waals surface area contributed by atoms with Gasteiger partial charge in [-0.1, -0.05) is 6.42 Å². The van der Waals surface area contributed by atoms with Crippen molar-refractivity contribution in [3.63, 3.8) is 0 Å². The number of halogens is 3. The summed E-state index contributed by atoms with van der Waals surface area (Å²) in [5.74, 6) is -2.32. The highest BCUT2D eigenvalue weighted by molar-refractivity contribution is 5.77. The Morgan fingerprint density at radius 1 is 1.28 bits per heavy atom. The summed E-state index contributed by atoms with van der Waals surface area (Å²) >= 11 is 0. The lowest BCUT2D eigenvalue weighted by Gasteiger charge is -2.42. The number of carboxylic acid groups (broad SMARTS) is 1. The monoisotopic (exact) mass is 267 g/mol. The molecule has 1 N–H and O–H groups in total. The Labute approximate surface area is 105 Å². The van der Waals surface area contributed by atoms with Crippen LogP contribution >= 0.6 is 0 Å². The summed E-state index contributed by atoms with van der Waals surface area (Å²) in [5, 5.41) is 9.10. The summed E-state index contributed by atoms with van der Waals surface area (Å²) in [4.78, 5) is 12.7. The molecule has 18 heavy (non-hydrogen) atoms. The van der Waals surface area contributed by atoms with Gasteiger partial charge in [0.05, 0.1) is 5.92 Å². The van der Waals surface area contributed by atoms with Crippen molar-refractivity contribution < 1.29 is 23.1 Å². The third-order valence-corrected chi connectivity index (χ3v) is 4.06. The van der Waals surface area contributed by atoms with Gasteiger partial charge in [0, 0.05) is 6.04 Å². The molecule has 2 atom stereocenters. The molecule has 0 bridgehead atoms. The third kappa shape index (κ3) is 3.16. The van der Waals surface area contributed by atoms with Crippen molar-refractivity contribution in [3.05, 3.63) is 0 Å². The SMILES string of the molecule is CN(C1CCCC(C(F)(F)F)C1)C(C)(C)C(=O)O. The van der Waals surface area contributed by atoms with Gasteiger partial charge in [0.15, 0.2) is 0 Å². The van der Waals surface area contributed by atoms with Crippen LogP contribution in [0, 0.1) is 5.92 Å². The molecule has 2 unspecified atom stereocenters. The van der Waals surface area contributed by atoms with Gasteiger partial charge in [-0.3, -0.25) is 9.69 Å². The zero-order chi connectivity index (χ0) is 14.1. The Hall–Kier alpha value is -0.780. The first-order valence-corrected chi connectivity index (χ1v) is 6.10. The zero-order valence-electron chi connectivity index (χ0n) is 10.9. The fourth-order valence-electron chi connectivity index (χ4n) is 2.42. The van der Waals surface area contributed by atoms with Crippen molar-refractivity contribution in [1.82, 2.24) is 4.90 Å². The fraction of sp³-hybridized carbons (Fsp3) is 0.917. The zero-order valence-corrected chi connectivity index (χ0v) is 10.9. The Bertz CT molecular complexity index is 315. The molecule has 0 radical (unpaired) electrons. The van der Waals surface area contributed by atoms with E-state index in [1.807, 2.05) is 0 Å². The molecule has 0 heterocycles. The van der Waals surface area contributed by atoms with Crippen LogP contribution in [0.2, 0.25) is 0 Å². The van der Waals surface area contributed by atoms with Crippen LogP contribution < -0.4 is 0 Å². The van der Waals surface area contributed by atoms with Gasteiger partial charge in [-0.05, 0) is 40.2 Å². The average molecular weight is 267 g/mol. The first-order valence-electron chi connectivity index (χ1n) is 6.10. The molecule has 6 heteroatoms. The highest BCUT2D eigenvalue weighted by atomic mass is 19.4. The van der Waals surface area contributed by atoms with Crippen LogP contribution in [-0.4, -0.2) is 40.8 Å². The lowest BCUT2D eigenvalue weighted by atomic mass is 9.83. The molecule has 1 saturated carbocycles. The predicted octanol–water partition coefficient (Wildman–Crippen LogP) is 2.90. The number of nitrogens with zero attached hydrogens (tertiary/aromatic N) is 1. The molecule has 0 aromatic carbocycles. The van der Waals surface area contributed by atoms with Crippen LogP contribution in [-0.2, 0) is 4.79 Å². The molecule has 106 valence electrons. The first kappa shape index (κ1) is 15.3. The van der Waals surface area contributed by atoms with E-state index < -0.39 is 23.6 Å². The van der Waals surface area contributed by atoms with E-state index in [1.54, 1.807) is 11.9 Å². The van der Waals surface area contributed by atoms with Gasteiger partial charge in [-0.15, -0.1) is 0 Å². The number of carbonyl (C=O) groups is 1. The summed E-state index contributed by atoms with van der Waals surface area (Å²) in [7, 11) is 1.59. The summed E-state index contributed by atoms with van der Waals surface area (Å²) in [6.45, 7) is 3.04. The number of hydrogen-bond donors (Lipinski definition) is 1. The molecule has 1 fully saturated rings. The van der Waals surface area contributed by atoms with Gasteiger partial charge in [0.25, 0.3) is 0 Å². The van der Waals surface area contributed by atoms with Gasteiger partial charge < -0.3 is 5.11 Å². The topological polar surface area (TPSA) is 40.5 Å². The Balaban J connectivity index is 2.76. The van der Waals surface area contributed by atoms with Crippen molar-refractivity contribution >= 4 is 5.97 Å².